The van der Waals surface area contributed by atoms with Gasteiger partial charge in [0, 0.05) is 20.1 Å². The second-order valence-electron chi connectivity index (χ2n) is 4.92. The number of nitrogens with two attached hydrogens (primary N) is 2. The van der Waals surface area contributed by atoms with Crippen molar-refractivity contribution in [3.05, 3.63) is 24.3 Å². The zero-order chi connectivity index (χ0) is 18.4. The predicted octanol–water partition coefficient (Wildman–Crippen LogP) is 2.62. The summed E-state index contributed by atoms with van der Waals surface area (Å²) in [6, 6.07) is 5.27. The van der Waals surface area contributed by atoms with Crippen molar-refractivity contribution in [3.8, 4) is 22.8 Å². The number of hydrogen-bond acceptors (Lipinski definition) is 7. The van der Waals surface area contributed by atoms with Crippen LogP contribution in [-0.4, -0.2) is 36.7 Å². The predicted molar refractivity (Wildman–Crippen MR) is 85.0 cm³/mol. The summed E-state index contributed by atoms with van der Waals surface area (Å²) in [6.45, 7) is 0.732. The topological polar surface area (TPSA) is 106 Å². The Balaban J connectivity index is 2.35. The molecule has 25 heavy (non-hydrogen) atoms. The van der Waals surface area contributed by atoms with Gasteiger partial charge in [-0.1, -0.05) is 12.1 Å². The van der Waals surface area contributed by atoms with Crippen LogP contribution in [0.25, 0.3) is 11.1 Å². The molecule has 0 atom stereocenters. The smallest absolute Gasteiger partial charge is 0.477 e. The van der Waals surface area contributed by atoms with E-state index in [0.717, 1.165) is 0 Å². The first-order valence-corrected chi connectivity index (χ1v) is 7.21. The number of ether oxygens (including phenoxy) is 3. The number of nitrogens with zero attached hydrogens (tertiary/aromatic N) is 2. The van der Waals surface area contributed by atoms with Crippen molar-refractivity contribution in [2.24, 2.45) is 0 Å². The van der Waals surface area contributed by atoms with E-state index in [1.54, 1.807) is 7.11 Å². The van der Waals surface area contributed by atoms with Gasteiger partial charge in [0.15, 0.2) is 0 Å². The third-order valence-electron chi connectivity index (χ3n) is 3.01. The standard InChI is InChI=1S/C15H17F3N4O3/c1-23-6-3-7-24-13-11(12(19)21-14(20)22-13)9-4-2-5-10(8-9)25-15(16,17)18/h2,4-5,8H,3,6-7H2,1H3,(H4,19,20,21,22). The van der Waals surface area contributed by atoms with Crippen molar-refractivity contribution < 1.29 is 27.4 Å². The second kappa shape index (κ2) is 7.88. The molecule has 0 aliphatic carbocycles. The van der Waals surface area contributed by atoms with Crippen LogP contribution >= 0.6 is 0 Å². The Morgan fingerprint density at radius 2 is 1.88 bits per heavy atom. The van der Waals surface area contributed by atoms with Crippen molar-refractivity contribution in [2.45, 2.75) is 12.8 Å². The zero-order valence-electron chi connectivity index (χ0n) is 13.3. The van der Waals surface area contributed by atoms with Crippen molar-refractivity contribution in [1.29, 1.82) is 0 Å². The normalized spacial score (nSPS) is 11.4. The fraction of sp³-hybridized carbons (Fsp3) is 0.333. The zero-order valence-corrected chi connectivity index (χ0v) is 13.3. The highest BCUT2D eigenvalue weighted by atomic mass is 19.4. The number of rotatable bonds is 7. The van der Waals surface area contributed by atoms with Crippen LogP contribution in [0.5, 0.6) is 11.6 Å². The minimum atomic E-state index is -4.80. The van der Waals surface area contributed by atoms with E-state index in [2.05, 4.69) is 14.7 Å². The van der Waals surface area contributed by atoms with Gasteiger partial charge in [-0.3, -0.25) is 0 Å². The maximum atomic E-state index is 12.4. The van der Waals surface area contributed by atoms with E-state index in [-0.39, 0.29) is 29.8 Å². The van der Waals surface area contributed by atoms with Crippen molar-refractivity contribution in [1.82, 2.24) is 9.97 Å². The highest BCUT2D eigenvalue weighted by Gasteiger charge is 2.31. The van der Waals surface area contributed by atoms with Crippen LogP contribution in [0.2, 0.25) is 0 Å². The summed E-state index contributed by atoms with van der Waals surface area (Å²) < 4.78 is 51.6. The van der Waals surface area contributed by atoms with E-state index >= 15 is 0 Å². The van der Waals surface area contributed by atoms with Gasteiger partial charge in [0.1, 0.15) is 11.6 Å². The minimum Gasteiger partial charge on any atom is -0.477 e. The third kappa shape index (κ3) is 5.38. The highest BCUT2D eigenvalue weighted by molar-refractivity contribution is 5.79. The average molecular weight is 358 g/mol. The molecule has 1 aromatic heterocycles. The van der Waals surface area contributed by atoms with Gasteiger partial charge in [-0.15, -0.1) is 13.2 Å². The number of alkyl halides is 3. The van der Waals surface area contributed by atoms with E-state index in [1.807, 2.05) is 0 Å². The van der Waals surface area contributed by atoms with Gasteiger partial charge in [0.25, 0.3) is 0 Å². The van der Waals surface area contributed by atoms with Crippen molar-refractivity contribution in [3.63, 3.8) is 0 Å². The summed E-state index contributed by atoms with van der Waals surface area (Å²) in [4.78, 5) is 7.81. The van der Waals surface area contributed by atoms with Crippen LogP contribution in [-0.2, 0) is 4.74 Å². The molecule has 0 bridgehead atoms. The Hall–Kier alpha value is -2.75. The molecule has 0 amide bonds. The number of hydrogen-bond donors (Lipinski definition) is 2. The molecule has 4 N–H and O–H groups in total. The van der Waals surface area contributed by atoms with E-state index < -0.39 is 12.1 Å². The molecule has 2 rings (SSSR count). The van der Waals surface area contributed by atoms with Crippen molar-refractivity contribution >= 4 is 11.8 Å². The quantitative estimate of drug-likeness (QED) is 0.733. The highest BCUT2D eigenvalue weighted by Crippen LogP contribution is 2.36. The van der Waals surface area contributed by atoms with Crippen LogP contribution in [0, 0.1) is 0 Å². The second-order valence-corrected chi connectivity index (χ2v) is 4.92. The molecule has 0 saturated carbocycles. The lowest BCUT2D eigenvalue weighted by Crippen LogP contribution is -2.17. The number of halogens is 3. The molecule has 0 spiro atoms. The van der Waals surface area contributed by atoms with Crippen LogP contribution in [0.1, 0.15) is 6.42 Å². The lowest BCUT2D eigenvalue weighted by Gasteiger charge is -2.14. The van der Waals surface area contributed by atoms with E-state index in [9.17, 15) is 13.2 Å². The Labute approximate surface area is 141 Å². The van der Waals surface area contributed by atoms with Gasteiger partial charge in [-0.2, -0.15) is 9.97 Å². The first-order valence-electron chi connectivity index (χ1n) is 7.21. The SMILES string of the molecule is COCCCOc1nc(N)nc(N)c1-c1cccc(OC(F)(F)F)c1. The molecule has 136 valence electrons. The largest absolute Gasteiger partial charge is 0.573 e. The Morgan fingerprint density at radius 3 is 2.56 bits per heavy atom. The monoisotopic (exact) mass is 358 g/mol. The van der Waals surface area contributed by atoms with Gasteiger partial charge in [-0.05, 0) is 17.7 Å². The molecule has 0 fully saturated rings. The Kier molecular flexibility index (Phi) is 5.86. The molecular weight excluding hydrogens is 341 g/mol. The van der Waals surface area contributed by atoms with Crippen LogP contribution in [0.15, 0.2) is 24.3 Å². The lowest BCUT2D eigenvalue weighted by molar-refractivity contribution is -0.274. The maximum absolute atomic E-state index is 12.4. The summed E-state index contributed by atoms with van der Waals surface area (Å²) in [5.41, 5.74) is 12.0. The summed E-state index contributed by atoms with van der Waals surface area (Å²) in [6.07, 6.45) is -4.22. The molecule has 0 aliphatic heterocycles. The van der Waals surface area contributed by atoms with Gasteiger partial charge in [0.2, 0.25) is 11.8 Å². The molecule has 0 radical (unpaired) electrons. The average Bonchev–Trinajstić information content (AvgIpc) is 2.49. The number of methoxy groups -OCH3 is 1. The number of aromatic nitrogens is 2. The van der Waals surface area contributed by atoms with E-state index in [4.69, 9.17) is 20.9 Å². The molecule has 0 unspecified atom stereocenters. The van der Waals surface area contributed by atoms with Gasteiger partial charge in [0.05, 0.1) is 12.2 Å². The van der Waals surface area contributed by atoms with Crippen LogP contribution in [0.4, 0.5) is 24.9 Å². The van der Waals surface area contributed by atoms with E-state index in [1.165, 1.54) is 24.3 Å². The van der Waals surface area contributed by atoms with Gasteiger partial charge in [-0.25, -0.2) is 0 Å². The molecule has 1 aromatic carbocycles. The summed E-state index contributed by atoms with van der Waals surface area (Å²) in [5.74, 6) is -0.444. The molecule has 7 nitrogen and oxygen atoms in total. The van der Waals surface area contributed by atoms with Gasteiger partial charge < -0.3 is 25.7 Å². The fourth-order valence-corrected chi connectivity index (χ4v) is 2.07. The Bertz CT molecular complexity index is 726. The first kappa shape index (κ1) is 18.6. The van der Waals surface area contributed by atoms with Gasteiger partial charge >= 0.3 is 6.36 Å². The first-order chi connectivity index (χ1) is 11.8. The van der Waals surface area contributed by atoms with Crippen molar-refractivity contribution in [2.75, 3.05) is 31.8 Å². The lowest BCUT2D eigenvalue weighted by atomic mass is 10.1. The molecule has 2 aromatic rings. The third-order valence-corrected chi connectivity index (χ3v) is 3.01. The molecule has 0 aliphatic rings. The molecule has 0 saturated heterocycles. The van der Waals surface area contributed by atoms with Crippen LogP contribution < -0.4 is 20.9 Å². The maximum Gasteiger partial charge on any atom is 0.573 e. The molecular formula is C15H17F3N4O3. The van der Waals surface area contributed by atoms with E-state index in [0.29, 0.717) is 18.6 Å². The fourth-order valence-electron chi connectivity index (χ4n) is 2.07. The number of anilines is 2. The summed E-state index contributed by atoms with van der Waals surface area (Å²) in [5, 5.41) is 0. The van der Waals surface area contributed by atoms with Crippen LogP contribution in [0.3, 0.4) is 0 Å². The number of benzene rings is 1. The molecule has 10 heteroatoms. The summed E-state index contributed by atoms with van der Waals surface area (Å²) in [7, 11) is 1.55. The molecule has 1 heterocycles. The Morgan fingerprint density at radius 1 is 1.12 bits per heavy atom. The summed E-state index contributed by atoms with van der Waals surface area (Å²) >= 11 is 0. The minimum absolute atomic E-state index is 0.0154. The number of nitrogen functional groups attached to an aromatic ring is 2.